The lowest BCUT2D eigenvalue weighted by atomic mass is 9.92. The Morgan fingerprint density at radius 1 is 1.07 bits per heavy atom. The highest BCUT2D eigenvalue weighted by molar-refractivity contribution is 6.31. The fourth-order valence-electron chi connectivity index (χ4n) is 3.70. The molecule has 2 atom stereocenters. The minimum atomic E-state index is -0.508. The Morgan fingerprint density at radius 2 is 1.71 bits per heavy atom. The predicted octanol–water partition coefficient (Wildman–Crippen LogP) is 4.52. The predicted molar refractivity (Wildman–Crippen MR) is 112 cm³/mol. The van der Waals surface area contributed by atoms with Crippen molar-refractivity contribution in [1.29, 1.82) is 0 Å². The Labute approximate surface area is 171 Å². The summed E-state index contributed by atoms with van der Waals surface area (Å²) in [5, 5.41) is 3.68. The summed E-state index contributed by atoms with van der Waals surface area (Å²) in [5.41, 5.74) is 3.11. The SMILES string of the molecule is CC(C)CC(=O)N1Cc2ccccc2CC1C(=O)NC(C)c1ccccc1Cl. The van der Waals surface area contributed by atoms with Gasteiger partial charge >= 0.3 is 0 Å². The Morgan fingerprint density at radius 3 is 2.39 bits per heavy atom. The lowest BCUT2D eigenvalue weighted by Crippen LogP contribution is -2.53. The maximum atomic E-state index is 13.2. The zero-order valence-corrected chi connectivity index (χ0v) is 17.4. The zero-order chi connectivity index (χ0) is 20.3. The molecule has 1 aliphatic rings. The van der Waals surface area contributed by atoms with Gasteiger partial charge in [0.25, 0.3) is 0 Å². The van der Waals surface area contributed by atoms with Crippen LogP contribution in [0.5, 0.6) is 0 Å². The number of amides is 2. The molecular weight excluding hydrogens is 372 g/mol. The number of rotatable bonds is 5. The number of nitrogens with zero attached hydrogens (tertiary/aromatic N) is 1. The van der Waals surface area contributed by atoms with E-state index in [0.29, 0.717) is 24.4 Å². The molecule has 0 saturated carbocycles. The van der Waals surface area contributed by atoms with E-state index in [9.17, 15) is 9.59 Å². The molecule has 0 radical (unpaired) electrons. The van der Waals surface area contributed by atoms with E-state index in [2.05, 4.69) is 5.32 Å². The van der Waals surface area contributed by atoms with Crippen molar-refractivity contribution in [3.05, 3.63) is 70.2 Å². The molecule has 0 aliphatic carbocycles. The van der Waals surface area contributed by atoms with Gasteiger partial charge in [0.2, 0.25) is 11.8 Å². The van der Waals surface area contributed by atoms with Gasteiger partial charge in [-0.05, 0) is 35.6 Å². The van der Waals surface area contributed by atoms with Crippen LogP contribution >= 0.6 is 11.6 Å². The van der Waals surface area contributed by atoms with Crippen LogP contribution in [0.2, 0.25) is 5.02 Å². The third-order valence-corrected chi connectivity index (χ3v) is 5.53. The monoisotopic (exact) mass is 398 g/mol. The molecule has 0 saturated heterocycles. The molecule has 1 heterocycles. The number of fused-ring (bicyclic) bond motifs is 1. The molecule has 148 valence electrons. The maximum absolute atomic E-state index is 13.2. The molecule has 0 bridgehead atoms. The summed E-state index contributed by atoms with van der Waals surface area (Å²) in [6.45, 7) is 6.42. The van der Waals surface area contributed by atoms with E-state index in [1.54, 1.807) is 4.90 Å². The highest BCUT2D eigenvalue weighted by Crippen LogP contribution is 2.27. The topological polar surface area (TPSA) is 49.4 Å². The lowest BCUT2D eigenvalue weighted by molar-refractivity contribution is -0.142. The fraction of sp³-hybridized carbons (Fsp3) is 0.391. The van der Waals surface area contributed by atoms with Gasteiger partial charge < -0.3 is 10.2 Å². The summed E-state index contributed by atoms with van der Waals surface area (Å²) in [4.78, 5) is 27.8. The molecule has 2 amide bonds. The third-order valence-electron chi connectivity index (χ3n) is 5.18. The van der Waals surface area contributed by atoms with Gasteiger partial charge in [-0.3, -0.25) is 9.59 Å². The number of nitrogens with one attached hydrogen (secondary N) is 1. The number of hydrogen-bond donors (Lipinski definition) is 1. The van der Waals surface area contributed by atoms with E-state index in [1.165, 1.54) is 0 Å². The summed E-state index contributed by atoms with van der Waals surface area (Å²) >= 11 is 6.28. The zero-order valence-electron chi connectivity index (χ0n) is 16.6. The van der Waals surface area contributed by atoms with Crippen molar-refractivity contribution in [3.8, 4) is 0 Å². The number of halogens is 1. The second-order valence-corrected chi connectivity index (χ2v) is 8.27. The van der Waals surface area contributed by atoms with E-state index < -0.39 is 6.04 Å². The Bertz CT molecular complexity index is 865. The minimum absolute atomic E-state index is 0.0232. The number of carbonyl (C=O) groups excluding carboxylic acids is 2. The summed E-state index contributed by atoms with van der Waals surface area (Å²) in [6.07, 6.45) is 0.965. The van der Waals surface area contributed by atoms with Crippen LogP contribution in [0, 0.1) is 5.92 Å². The molecule has 0 aromatic heterocycles. The molecule has 0 fully saturated rings. The van der Waals surface area contributed by atoms with Crippen LogP contribution in [-0.2, 0) is 22.6 Å². The van der Waals surface area contributed by atoms with Crippen LogP contribution in [0.15, 0.2) is 48.5 Å². The molecule has 2 aromatic rings. The van der Waals surface area contributed by atoms with E-state index in [0.717, 1.165) is 16.7 Å². The summed E-state index contributed by atoms with van der Waals surface area (Å²) < 4.78 is 0. The van der Waals surface area contributed by atoms with Crippen molar-refractivity contribution in [3.63, 3.8) is 0 Å². The standard InChI is InChI=1S/C23H27ClN2O2/c1-15(2)12-22(27)26-14-18-9-5-4-8-17(18)13-21(26)23(28)25-16(3)19-10-6-7-11-20(19)24/h4-11,15-16,21H,12-14H2,1-3H3,(H,25,28). The van der Waals surface area contributed by atoms with Gasteiger partial charge in [0.05, 0.1) is 6.04 Å². The van der Waals surface area contributed by atoms with E-state index in [-0.39, 0.29) is 23.8 Å². The molecule has 4 nitrogen and oxygen atoms in total. The minimum Gasteiger partial charge on any atom is -0.348 e. The lowest BCUT2D eigenvalue weighted by Gasteiger charge is -2.37. The van der Waals surface area contributed by atoms with Gasteiger partial charge in [-0.1, -0.05) is 67.9 Å². The average molecular weight is 399 g/mol. The Kier molecular flexibility index (Phi) is 6.40. The number of carbonyl (C=O) groups is 2. The number of benzene rings is 2. The van der Waals surface area contributed by atoms with Crippen molar-refractivity contribution < 1.29 is 9.59 Å². The second kappa shape index (κ2) is 8.78. The van der Waals surface area contributed by atoms with Gasteiger partial charge in [0.1, 0.15) is 6.04 Å². The Balaban J connectivity index is 1.82. The molecular formula is C23H27ClN2O2. The first-order valence-corrected chi connectivity index (χ1v) is 10.2. The van der Waals surface area contributed by atoms with Gasteiger partial charge in [0.15, 0.2) is 0 Å². The average Bonchev–Trinajstić information content (AvgIpc) is 2.66. The third kappa shape index (κ3) is 4.56. The van der Waals surface area contributed by atoms with Gasteiger partial charge in [0, 0.05) is 24.4 Å². The molecule has 3 rings (SSSR count). The van der Waals surface area contributed by atoms with E-state index >= 15 is 0 Å². The van der Waals surface area contributed by atoms with Crippen molar-refractivity contribution in [2.75, 3.05) is 0 Å². The first-order chi connectivity index (χ1) is 13.4. The summed E-state index contributed by atoms with van der Waals surface area (Å²) in [6, 6.07) is 14.8. The molecule has 28 heavy (non-hydrogen) atoms. The van der Waals surface area contributed by atoms with Crippen molar-refractivity contribution in [2.24, 2.45) is 5.92 Å². The van der Waals surface area contributed by atoms with Gasteiger partial charge in [-0.25, -0.2) is 0 Å². The summed E-state index contributed by atoms with van der Waals surface area (Å²) in [7, 11) is 0. The van der Waals surface area contributed by atoms with Crippen LogP contribution in [0.4, 0.5) is 0 Å². The van der Waals surface area contributed by atoms with Crippen LogP contribution in [0.25, 0.3) is 0 Å². The highest BCUT2D eigenvalue weighted by Gasteiger charge is 2.35. The molecule has 0 spiro atoms. The van der Waals surface area contributed by atoms with E-state index in [4.69, 9.17) is 11.6 Å². The second-order valence-electron chi connectivity index (χ2n) is 7.86. The van der Waals surface area contributed by atoms with Crippen molar-refractivity contribution >= 4 is 23.4 Å². The van der Waals surface area contributed by atoms with Crippen molar-refractivity contribution in [1.82, 2.24) is 10.2 Å². The summed E-state index contributed by atoms with van der Waals surface area (Å²) in [5.74, 6) is 0.129. The molecule has 1 aliphatic heterocycles. The van der Waals surface area contributed by atoms with Crippen molar-refractivity contribution in [2.45, 2.75) is 52.2 Å². The normalized spacial score (nSPS) is 17.2. The van der Waals surface area contributed by atoms with Crippen LogP contribution in [0.3, 0.4) is 0 Å². The fourth-order valence-corrected chi connectivity index (χ4v) is 4.00. The van der Waals surface area contributed by atoms with E-state index in [1.807, 2.05) is 69.3 Å². The molecule has 2 unspecified atom stereocenters. The maximum Gasteiger partial charge on any atom is 0.243 e. The molecule has 1 N–H and O–H groups in total. The molecule has 5 heteroatoms. The van der Waals surface area contributed by atoms with Crippen LogP contribution in [-0.4, -0.2) is 22.8 Å². The Hall–Kier alpha value is -2.33. The van der Waals surface area contributed by atoms with Crippen LogP contribution < -0.4 is 5.32 Å². The first-order valence-electron chi connectivity index (χ1n) is 9.78. The first kappa shape index (κ1) is 20.4. The van der Waals surface area contributed by atoms with Crippen LogP contribution in [0.1, 0.15) is 49.9 Å². The largest absolute Gasteiger partial charge is 0.348 e. The smallest absolute Gasteiger partial charge is 0.243 e. The van der Waals surface area contributed by atoms with Gasteiger partial charge in [-0.2, -0.15) is 0 Å². The van der Waals surface area contributed by atoms with Gasteiger partial charge in [-0.15, -0.1) is 0 Å². The highest BCUT2D eigenvalue weighted by atomic mass is 35.5. The quantitative estimate of drug-likeness (QED) is 0.805. The molecule has 2 aromatic carbocycles. The number of hydrogen-bond acceptors (Lipinski definition) is 2.